The lowest BCUT2D eigenvalue weighted by Crippen LogP contribution is -2.31. The van der Waals surface area contributed by atoms with Gasteiger partial charge in [0, 0.05) is 12.2 Å². The number of anilines is 1. The third-order valence-electron chi connectivity index (χ3n) is 3.58. The third kappa shape index (κ3) is 3.07. The summed E-state index contributed by atoms with van der Waals surface area (Å²) >= 11 is 0. The summed E-state index contributed by atoms with van der Waals surface area (Å²) in [6.07, 6.45) is 5.54. The smallest absolute Gasteiger partial charge is 0.265 e. The van der Waals surface area contributed by atoms with Crippen molar-refractivity contribution in [3.05, 3.63) is 42.2 Å². The predicted octanol–water partition coefficient (Wildman–Crippen LogP) is 2.63. The van der Waals surface area contributed by atoms with Gasteiger partial charge >= 0.3 is 0 Å². The van der Waals surface area contributed by atoms with Gasteiger partial charge in [0.25, 0.3) is 5.91 Å². The first-order chi connectivity index (χ1) is 10.3. The molecule has 1 aliphatic heterocycles. The molecule has 1 aromatic carbocycles. The van der Waals surface area contributed by atoms with E-state index >= 15 is 0 Å². The molecule has 0 aliphatic carbocycles. The zero-order valence-electron chi connectivity index (χ0n) is 12.1. The van der Waals surface area contributed by atoms with E-state index in [0.717, 1.165) is 30.6 Å². The van der Waals surface area contributed by atoms with Gasteiger partial charge in [-0.05, 0) is 30.9 Å². The van der Waals surface area contributed by atoms with Crippen LogP contribution in [-0.4, -0.2) is 21.8 Å². The van der Waals surface area contributed by atoms with Gasteiger partial charge in [-0.3, -0.25) is 9.48 Å². The monoisotopic (exact) mass is 285 g/mol. The number of para-hydroxylation sites is 1. The summed E-state index contributed by atoms with van der Waals surface area (Å²) in [5.41, 5.74) is 2.04. The van der Waals surface area contributed by atoms with E-state index in [1.54, 1.807) is 6.20 Å². The summed E-state index contributed by atoms with van der Waals surface area (Å²) in [4.78, 5) is 12.3. The number of aromatic nitrogens is 2. The number of fused-ring (bicyclic) bond motifs is 1. The fraction of sp³-hybridized carbons (Fsp3) is 0.375. The predicted molar refractivity (Wildman–Crippen MR) is 80.3 cm³/mol. The first-order valence-electron chi connectivity index (χ1n) is 7.34. The number of benzene rings is 1. The van der Waals surface area contributed by atoms with Crippen LogP contribution in [-0.2, 0) is 17.8 Å². The zero-order chi connectivity index (χ0) is 14.7. The van der Waals surface area contributed by atoms with Crippen molar-refractivity contribution in [3.63, 3.8) is 0 Å². The molecular weight excluding hydrogens is 266 g/mol. The molecule has 1 N–H and O–H groups in total. The lowest BCUT2D eigenvalue weighted by atomic mass is 10.1. The molecule has 0 saturated heterocycles. The molecule has 1 unspecified atom stereocenters. The van der Waals surface area contributed by atoms with E-state index in [2.05, 4.69) is 17.3 Å². The standard InChI is InChI=1S/C16H19N3O2/c1-2-9-19-11-13(10-17-19)21-15-8-7-12-5-3-4-6-14(12)18-16(15)20/h3-6,10-11,15H,2,7-9H2,1H3,(H,18,20). The van der Waals surface area contributed by atoms with Crippen LogP contribution in [0, 0.1) is 0 Å². The summed E-state index contributed by atoms with van der Waals surface area (Å²) in [5, 5.41) is 7.15. The minimum atomic E-state index is -0.475. The van der Waals surface area contributed by atoms with E-state index in [1.807, 2.05) is 35.1 Å². The maximum Gasteiger partial charge on any atom is 0.265 e. The largest absolute Gasteiger partial charge is 0.477 e. The molecule has 5 heteroatoms. The van der Waals surface area contributed by atoms with Crippen molar-refractivity contribution < 1.29 is 9.53 Å². The Morgan fingerprint density at radius 2 is 2.29 bits per heavy atom. The van der Waals surface area contributed by atoms with Gasteiger partial charge in [-0.2, -0.15) is 5.10 Å². The summed E-state index contributed by atoms with van der Waals surface area (Å²) in [5.74, 6) is 0.553. The van der Waals surface area contributed by atoms with Crippen LogP contribution in [0.4, 0.5) is 5.69 Å². The molecule has 0 saturated carbocycles. The average molecular weight is 285 g/mol. The van der Waals surface area contributed by atoms with Crippen LogP contribution >= 0.6 is 0 Å². The van der Waals surface area contributed by atoms with E-state index in [1.165, 1.54) is 0 Å². The van der Waals surface area contributed by atoms with Crippen LogP contribution in [0.3, 0.4) is 0 Å². The topological polar surface area (TPSA) is 56.1 Å². The van der Waals surface area contributed by atoms with Gasteiger partial charge in [0.2, 0.25) is 0 Å². The van der Waals surface area contributed by atoms with Crippen LogP contribution in [0.2, 0.25) is 0 Å². The van der Waals surface area contributed by atoms with Crippen LogP contribution < -0.4 is 10.1 Å². The van der Waals surface area contributed by atoms with Gasteiger partial charge in [0.1, 0.15) is 0 Å². The first kappa shape index (κ1) is 13.7. The van der Waals surface area contributed by atoms with Gasteiger partial charge in [-0.1, -0.05) is 25.1 Å². The lowest BCUT2D eigenvalue weighted by Gasteiger charge is -2.14. The lowest BCUT2D eigenvalue weighted by molar-refractivity contribution is -0.122. The van der Waals surface area contributed by atoms with Gasteiger partial charge in [-0.15, -0.1) is 0 Å². The number of aryl methyl sites for hydroxylation is 2. The third-order valence-corrected chi connectivity index (χ3v) is 3.58. The SMILES string of the molecule is CCCn1cc(OC2CCc3ccccc3NC2=O)cn1. The molecule has 0 fully saturated rings. The molecule has 0 spiro atoms. The minimum absolute atomic E-state index is 0.0943. The molecule has 3 rings (SSSR count). The minimum Gasteiger partial charge on any atom is -0.477 e. The van der Waals surface area contributed by atoms with Crippen LogP contribution in [0.5, 0.6) is 5.75 Å². The van der Waals surface area contributed by atoms with Crippen LogP contribution in [0.1, 0.15) is 25.3 Å². The van der Waals surface area contributed by atoms with Gasteiger partial charge in [-0.25, -0.2) is 0 Å². The van der Waals surface area contributed by atoms with Crippen molar-refractivity contribution in [2.45, 2.75) is 38.8 Å². The highest BCUT2D eigenvalue weighted by Crippen LogP contribution is 2.23. The molecule has 110 valence electrons. The normalized spacial score (nSPS) is 17.8. The summed E-state index contributed by atoms with van der Waals surface area (Å²) in [7, 11) is 0. The Bertz CT molecular complexity index is 636. The molecule has 2 aromatic rings. The van der Waals surface area contributed by atoms with Crippen molar-refractivity contribution in [2.75, 3.05) is 5.32 Å². The molecule has 1 aliphatic rings. The van der Waals surface area contributed by atoms with Crippen molar-refractivity contribution in [3.8, 4) is 5.75 Å². The average Bonchev–Trinajstić information content (AvgIpc) is 2.85. The molecule has 0 radical (unpaired) electrons. The molecule has 1 atom stereocenters. The number of carbonyl (C=O) groups is 1. The highest BCUT2D eigenvalue weighted by atomic mass is 16.5. The highest BCUT2D eigenvalue weighted by molar-refractivity contribution is 5.95. The Balaban J connectivity index is 1.70. The molecule has 2 heterocycles. The summed E-state index contributed by atoms with van der Waals surface area (Å²) in [6.45, 7) is 2.95. The summed E-state index contributed by atoms with van der Waals surface area (Å²) < 4.78 is 7.64. The molecule has 1 amide bonds. The van der Waals surface area contributed by atoms with Crippen LogP contribution in [0.15, 0.2) is 36.7 Å². The number of carbonyl (C=O) groups excluding carboxylic acids is 1. The van der Waals surface area contributed by atoms with E-state index in [-0.39, 0.29) is 5.91 Å². The Morgan fingerprint density at radius 3 is 3.14 bits per heavy atom. The fourth-order valence-electron chi connectivity index (χ4n) is 2.52. The second kappa shape index (κ2) is 5.99. The fourth-order valence-corrected chi connectivity index (χ4v) is 2.52. The van der Waals surface area contributed by atoms with Gasteiger partial charge in [0.15, 0.2) is 11.9 Å². The molecule has 0 bridgehead atoms. The highest BCUT2D eigenvalue weighted by Gasteiger charge is 2.25. The number of ether oxygens (including phenoxy) is 1. The maximum absolute atomic E-state index is 12.3. The summed E-state index contributed by atoms with van der Waals surface area (Å²) in [6, 6.07) is 7.88. The number of hydrogen-bond donors (Lipinski definition) is 1. The number of nitrogens with one attached hydrogen (secondary N) is 1. The molecular formula is C16H19N3O2. The Kier molecular flexibility index (Phi) is 3.90. The second-order valence-electron chi connectivity index (χ2n) is 5.23. The van der Waals surface area contributed by atoms with Crippen molar-refractivity contribution in [1.29, 1.82) is 0 Å². The Morgan fingerprint density at radius 1 is 1.43 bits per heavy atom. The first-order valence-corrected chi connectivity index (χ1v) is 7.34. The van der Waals surface area contributed by atoms with Crippen molar-refractivity contribution >= 4 is 11.6 Å². The maximum atomic E-state index is 12.3. The number of nitrogens with zero attached hydrogens (tertiary/aromatic N) is 2. The van der Waals surface area contributed by atoms with Crippen LogP contribution in [0.25, 0.3) is 0 Å². The number of hydrogen-bond acceptors (Lipinski definition) is 3. The number of rotatable bonds is 4. The number of amides is 1. The quantitative estimate of drug-likeness (QED) is 0.939. The van der Waals surface area contributed by atoms with Gasteiger partial charge < -0.3 is 10.1 Å². The molecule has 21 heavy (non-hydrogen) atoms. The second-order valence-corrected chi connectivity index (χ2v) is 5.23. The van der Waals surface area contributed by atoms with Crippen molar-refractivity contribution in [1.82, 2.24) is 9.78 Å². The zero-order valence-corrected chi connectivity index (χ0v) is 12.1. The molecule has 1 aromatic heterocycles. The van der Waals surface area contributed by atoms with E-state index < -0.39 is 6.10 Å². The Labute approximate surface area is 123 Å². The van der Waals surface area contributed by atoms with E-state index in [0.29, 0.717) is 12.2 Å². The molecule has 5 nitrogen and oxygen atoms in total. The van der Waals surface area contributed by atoms with Crippen molar-refractivity contribution in [2.24, 2.45) is 0 Å². The Hall–Kier alpha value is -2.30. The van der Waals surface area contributed by atoms with Gasteiger partial charge in [0.05, 0.1) is 12.4 Å². The van der Waals surface area contributed by atoms with E-state index in [9.17, 15) is 4.79 Å². The van der Waals surface area contributed by atoms with E-state index in [4.69, 9.17) is 4.74 Å².